The van der Waals surface area contributed by atoms with E-state index in [1.54, 1.807) is 0 Å². The van der Waals surface area contributed by atoms with Gasteiger partial charge in [-0.05, 0) is 39.5 Å². The first-order chi connectivity index (χ1) is 10.3. The fraction of sp³-hybridized carbons (Fsp3) is 0.882. The molecule has 22 heavy (non-hydrogen) atoms. The van der Waals surface area contributed by atoms with Gasteiger partial charge >= 0.3 is 5.97 Å². The van der Waals surface area contributed by atoms with Crippen LogP contribution in [0.3, 0.4) is 0 Å². The second kappa shape index (κ2) is 9.13. The zero-order valence-electron chi connectivity index (χ0n) is 14.2. The lowest BCUT2D eigenvalue weighted by Crippen LogP contribution is -2.42. The molecule has 5 heteroatoms. The second-order valence-electron chi connectivity index (χ2n) is 7.27. The van der Waals surface area contributed by atoms with Gasteiger partial charge < -0.3 is 15.2 Å². The van der Waals surface area contributed by atoms with Gasteiger partial charge in [0.1, 0.15) is 6.04 Å². The zero-order valence-corrected chi connectivity index (χ0v) is 14.2. The van der Waals surface area contributed by atoms with E-state index in [0.29, 0.717) is 25.4 Å². The topological polar surface area (TPSA) is 75.6 Å². The molecule has 0 aromatic carbocycles. The third-order valence-corrected chi connectivity index (χ3v) is 4.02. The fourth-order valence-electron chi connectivity index (χ4n) is 2.82. The van der Waals surface area contributed by atoms with Gasteiger partial charge in [-0.2, -0.15) is 0 Å². The Bertz CT molecular complexity index is 354. The van der Waals surface area contributed by atoms with Crippen molar-refractivity contribution in [1.29, 1.82) is 0 Å². The van der Waals surface area contributed by atoms with Crippen LogP contribution in [0.4, 0.5) is 0 Å². The van der Waals surface area contributed by atoms with Gasteiger partial charge in [-0.1, -0.05) is 25.7 Å². The molecule has 1 unspecified atom stereocenters. The number of aliphatic carboxylic acids is 1. The molecule has 0 radical (unpaired) electrons. The third kappa shape index (κ3) is 8.37. The van der Waals surface area contributed by atoms with Crippen molar-refractivity contribution < 1.29 is 19.4 Å². The standard InChI is InChI=1S/C17H31NO4/c1-17(2,3)22-11-10-14(16(20)21)18-15(19)12-13-8-6-4-5-7-9-13/h13-14H,4-12H2,1-3H3,(H,18,19)(H,20,21). The summed E-state index contributed by atoms with van der Waals surface area (Å²) >= 11 is 0. The van der Waals surface area contributed by atoms with Crippen LogP contribution in [0.25, 0.3) is 0 Å². The summed E-state index contributed by atoms with van der Waals surface area (Å²) in [5.74, 6) is -0.732. The monoisotopic (exact) mass is 313 g/mol. The van der Waals surface area contributed by atoms with Crippen LogP contribution in [0, 0.1) is 5.92 Å². The second-order valence-corrected chi connectivity index (χ2v) is 7.27. The summed E-state index contributed by atoms with van der Waals surface area (Å²) in [7, 11) is 0. The molecule has 0 aromatic rings. The molecule has 0 aliphatic heterocycles. The highest BCUT2D eigenvalue weighted by molar-refractivity contribution is 5.83. The van der Waals surface area contributed by atoms with Gasteiger partial charge in [-0.3, -0.25) is 4.79 Å². The first-order valence-electron chi connectivity index (χ1n) is 8.44. The Morgan fingerprint density at radius 3 is 2.27 bits per heavy atom. The van der Waals surface area contributed by atoms with E-state index in [-0.39, 0.29) is 11.5 Å². The number of amides is 1. The Labute approximate surface area is 133 Å². The van der Waals surface area contributed by atoms with E-state index in [9.17, 15) is 14.7 Å². The largest absolute Gasteiger partial charge is 0.480 e. The van der Waals surface area contributed by atoms with E-state index in [0.717, 1.165) is 12.8 Å². The molecule has 0 spiro atoms. The van der Waals surface area contributed by atoms with Crippen molar-refractivity contribution in [2.45, 2.75) is 83.8 Å². The molecule has 1 fully saturated rings. The molecule has 0 heterocycles. The Hall–Kier alpha value is -1.10. The van der Waals surface area contributed by atoms with E-state index < -0.39 is 12.0 Å². The number of ether oxygens (including phenoxy) is 1. The quantitative estimate of drug-likeness (QED) is 0.708. The number of carbonyl (C=O) groups excluding carboxylic acids is 1. The van der Waals surface area contributed by atoms with Crippen molar-refractivity contribution in [3.05, 3.63) is 0 Å². The highest BCUT2D eigenvalue weighted by Gasteiger charge is 2.23. The lowest BCUT2D eigenvalue weighted by Gasteiger charge is -2.22. The van der Waals surface area contributed by atoms with E-state index in [4.69, 9.17) is 4.74 Å². The fourth-order valence-corrected chi connectivity index (χ4v) is 2.82. The number of hydrogen-bond donors (Lipinski definition) is 2. The van der Waals surface area contributed by atoms with Gasteiger partial charge in [0.15, 0.2) is 0 Å². The first-order valence-corrected chi connectivity index (χ1v) is 8.44. The lowest BCUT2D eigenvalue weighted by molar-refractivity contribution is -0.143. The van der Waals surface area contributed by atoms with Crippen molar-refractivity contribution in [2.24, 2.45) is 5.92 Å². The molecular formula is C17H31NO4. The van der Waals surface area contributed by atoms with Gasteiger partial charge in [0.05, 0.1) is 5.60 Å². The molecule has 0 bridgehead atoms. The maximum atomic E-state index is 12.1. The van der Waals surface area contributed by atoms with Gasteiger partial charge in [0, 0.05) is 19.4 Å². The maximum Gasteiger partial charge on any atom is 0.326 e. The average Bonchev–Trinajstić information content (AvgIpc) is 2.64. The molecular weight excluding hydrogens is 282 g/mol. The number of rotatable bonds is 7. The molecule has 1 atom stereocenters. The third-order valence-electron chi connectivity index (χ3n) is 4.02. The highest BCUT2D eigenvalue weighted by atomic mass is 16.5. The lowest BCUT2D eigenvalue weighted by atomic mass is 9.96. The van der Waals surface area contributed by atoms with E-state index >= 15 is 0 Å². The Morgan fingerprint density at radius 2 is 1.77 bits per heavy atom. The molecule has 1 aliphatic carbocycles. The SMILES string of the molecule is CC(C)(C)OCCC(NC(=O)CC1CCCCCC1)C(=O)O. The number of carboxylic acids is 1. The van der Waals surface area contributed by atoms with E-state index in [1.165, 1.54) is 25.7 Å². The predicted octanol–water partition coefficient (Wildman–Crippen LogP) is 3.12. The predicted molar refractivity (Wildman–Crippen MR) is 85.7 cm³/mol. The van der Waals surface area contributed by atoms with Crippen LogP contribution in [-0.2, 0) is 14.3 Å². The zero-order chi connectivity index (χ0) is 16.6. The summed E-state index contributed by atoms with van der Waals surface area (Å²) < 4.78 is 5.54. The summed E-state index contributed by atoms with van der Waals surface area (Å²) in [6, 6.07) is -0.861. The van der Waals surface area contributed by atoms with Crippen LogP contribution >= 0.6 is 0 Å². The average molecular weight is 313 g/mol. The van der Waals surface area contributed by atoms with E-state index in [2.05, 4.69) is 5.32 Å². The molecule has 2 N–H and O–H groups in total. The van der Waals surface area contributed by atoms with E-state index in [1.807, 2.05) is 20.8 Å². The summed E-state index contributed by atoms with van der Waals surface area (Å²) in [6.07, 6.45) is 7.77. The van der Waals surface area contributed by atoms with Crippen LogP contribution in [0.5, 0.6) is 0 Å². The van der Waals surface area contributed by atoms with Crippen LogP contribution in [-0.4, -0.2) is 35.2 Å². The molecule has 5 nitrogen and oxygen atoms in total. The number of carboxylic acid groups (broad SMARTS) is 1. The van der Waals surface area contributed by atoms with Crippen molar-refractivity contribution >= 4 is 11.9 Å². The van der Waals surface area contributed by atoms with Crippen molar-refractivity contribution in [2.75, 3.05) is 6.61 Å². The Kier molecular flexibility index (Phi) is 7.87. The van der Waals surface area contributed by atoms with Gasteiger partial charge in [-0.15, -0.1) is 0 Å². The molecule has 0 aromatic heterocycles. The first kappa shape index (κ1) is 18.9. The number of carbonyl (C=O) groups is 2. The van der Waals surface area contributed by atoms with Gasteiger partial charge in [0.2, 0.25) is 5.91 Å². The number of hydrogen-bond acceptors (Lipinski definition) is 3. The minimum absolute atomic E-state index is 0.143. The van der Waals surface area contributed by atoms with Crippen LogP contribution in [0.15, 0.2) is 0 Å². The maximum absolute atomic E-state index is 12.1. The van der Waals surface area contributed by atoms with Crippen LogP contribution < -0.4 is 5.32 Å². The normalized spacial score (nSPS) is 18.5. The van der Waals surface area contributed by atoms with Crippen LogP contribution in [0.1, 0.15) is 72.1 Å². The number of nitrogens with one attached hydrogen (secondary N) is 1. The molecule has 0 saturated heterocycles. The summed E-state index contributed by atoms with van der Waals surface area (Å²) in [5, 5.41) is 11.9. The van der Waals surface area contributed by atoms with Crippen LogP contribution in [0.2, 0.25) is 0 Å². The molecule has 1 amide bonds. The highest BCUT2D eigenvalue weighted by Crippen LogP contribution is 2.25. The van der Waals surface area contributed by atoms with Crippen molar-refractivity contribution in [1.82, 2.24) is 5.32 Å². The minimum atomic E-state index is -0.994. The molecule has 128 valence electrons. The summed E-state index contributed by atoms with van der Waals surface area (Å²) in [6.45, 7) is 6.10. The molecule has 1 aliphatic rings. The Morgan fingerprint density at radius 1 is 1.18 bits per heavy atom. The van der Waals surface area contributed by atoms with Crippen molar-refractivity contribution in [3.8, 4) is 0 Å². The van der Waals surface area contributed by atoms with Gasteiger partial charge in [0.25, 0.3) is 0 Å². The van der Waals surface area contributed by atoms with Crippen molar-refractivity contribution in [3.63, 3.8) is 0 Å². The Balaban J connectivity index is 2.37. The summed E-state index contributed by atoms with van der Waals surface area (Å²) in [4.78, 5) is 23.4. The summed E-state index contributed by atoms with van der Waals surface area (Å²) in [5.41, 5.74) is -0.298. The smallest absolute Gasteiger partial charge is 0.326 e. The van der Waals surface area contributed by atoms with Gasteiger partial charge in [-0.25, -0.2) is 4.79 Å². The molecule has 1 saturated carbocycles. The molecule has 1 rings (SSSR count). The minimum Gasteiger partial charge on any atom is -0.480 e.